The first-order valence-electron chi connectivity index (χ1n) is 5.32. The van der Waals surface area contributed by atoms with E-state index in [1.54, 1.807) is 13.8 Å². The van der Waals surface area contributed by atoms with E-state index in [-0.39, 0.29) is 0 Å². The SMILES string of the molecule is CCC[C@@](C)(O)C#C[C@](C)(O)CCC. The third-order valence-electron chi connectivity index (χ3n) is 2.07. The van der Waals surface area contributed by atoms with E-state index in [9.17, 15) is 10.2 Å². The fraction of sp³-hybridized carbons (Fsp3) is 0.833. The maximum atomic E-state index is 9.76. The summed E-state index contributed by atoms with van der Waals surface area (Å²) in [5.74, 6) is 5.48. The second kappa shape index (κ2) is 5.38. The van der Waals surface area contributed by atoms with Gasteiger partial charge in [0.05, 0.1) is 0 Å². The molecule has 0 aromatic rings. The summed E-state index contributed by atoms with van der Waals surface area (Å²) in [6, 6.07) is 0. The lowest BCUT2D eigenvalue weighted by Gasteiger charge is -2.18. The molecule has 0 spiro atoms. The Hall–Kier alpha value is -0.520. The highest BCUT2D eigenvalue weighted by atomic mass is 16.3. The molecule has 0 aliphatic carbocycles. The summed E-state index contributed by atoms with van der Waals surface area (Å²) in [7, 11) is 0. The highest BCUT2D eigenvalue weighted by molar-refractivity contribution is 5.18. The van der Waals surface area contributed by atoms with Gasteiger partial charge in [0.15, 0.2) is 0 Å². The summed E-state index contributed by atoms with van der Waals surface area (Å²) >= 11 is 0. The molecule has 0 bridgehead atoms. The van der Waals surface area contributed by atoms with Gasteiger partial charge in [-0.25, -0.2) is 0 Å². The summed E-state index contributed by atoms with van der Waals surface area (Å²) in [5, 5.41) is 19.5. The van der Waals surface area contributed by atoms with Crippen LogP contribution in [-0.2, 0) is 0 Å². The van der Waals surface area contributed by atoms with Crippen LogP contribution in [0.5, 0.6) is 0 Å². The van der Waals surface area contributed by atoms with Crippen LogP contribution in [0.1, 0.15) is 53.4 Å². The van der Waals surface area contributed by atoms with Gasteiger partial charge < -0.3 is 10.2 Å². The van der Waals surface area contributed by atoms with Crippen molar-refractivity contribution in [3.05, 3.63) is 0 Å². The van der Waals surface area contributed by atoms with Crippen molar-refractivity contribution in [2.45, 2.75) is 64.6 Å². The summed E-state index contributed by atoms with van der Waals surface area (Å²) in [4.78, 5) is 0. The Morgan fingerprint density at radius 3 is 1.36 bits per heavy atom. The van der Waals surface area contributed by atoms with Crippen LogP contribution in [0, 0.1) is 11.8 Å². The molecule has 2 N–H and O–H groups in total. The number of hydrogen-bond acceptors (Lipinski definition) is 2. The van der Waals surface area contributed by atoms with Gasteiger partial charge in [-0.3, -0.25) is 0 Å². The summed E-state index contributed by atoms with van der Waals surface area (Å²) in [5.41, 5.74) is -1.93. The normalized spacial score (nSPS) is 19.0. The average molecular weight is 198 g/mol. The van der Waals surface area contributed by atoms with Gasteiger partial charge in [-0.15, -0.1) is 0 Å². The molecule has 0 radical (unpaired) electrons. The summed E-state index contributed by atoms with van der Waals surface area (Å²) in [6.45, 7) is 7.37. The zero-order valence-electron chi connectivity index (χ0n) is 9.72. The van der Waals surface area contributed by atoms with Crippen molar-refractivity contribution in [2.75, 3.05) is 0 Å². The molecule has 0 amide bonds. The van der Waals surface area contributed by atoms with Gasteiger partial charge in [-0.1, -0.05) is 38.5 Å². The molecule has 2 nitrogen and oxygen atoms in total. The van der Waals surface area contributed by atoms with Crippen LogP contribution in [-0.4, -0.2) is 21.4 Å². The molecule has 14 heavy (non-hydrogen) atoms. The predicted octanol–water partition coefficient (Wildman–Crippen LogP) is 2.09. The molecule has 0 aromatic heterocycles. The van der Waals surface area contributed by atoms with Gasteiger partial charge in [0.2, 0.25) is 0 Å². The molecular formula is C12H22O2. The van der Waals surface area contributed by atoms with Crippen LogP contribution in [0.3, 0.4) is 0 Å². The third-order valence-corrected chi connectivity index (χ3v) is 2.07. The van der Waals surface area contributed by atoms with E-state index in [2.05, 4.69) is 11.8 Å². The van der Waals surface area contributed by atoms with E-state index in [4.69, 9.17) is 0 Å². The van der Waals surface area contributed by atoms with Gasteiger partial charge in [-0.2, -0.15) is 0 Å². The van der Waals surface area contributed by atoms with Crippen molar-refractivity contribution in [3.63, 3.8) is 0 Å². The Kier molecular flexibility index (Phi) is 5.18. The van der Waals surface area contributed by atoms with Crippen molar-refractivity contribution < 1.29 is 10.2 Å². The summed E-state index contributed by atoms with van der Waals surface area (Å²) in [6.07, 6.45) is 3.06. The minimum Gasteiger partial charge on any atom is -0.378 e. The molecule has 0 saturated heterocycles. The maximum Gasteiger partial charge on any atom is 0.122 e. The van der Waals surface area contributed by atoms with Crippen LogP contribution in [0.25, 0.3) is 0 Å². The molecular weight excluding hydrogens is 176 g/mol. The zero-order chi connectivity index (χ0) is 11.2. The fourth-order valence-electron chi connectivity index (χ4n) is 1.37. The lowest BCUT2D eigenvalue weighted by atomic mass is 9.97. The molecule has 0 saturated carbocycles. The zero-order valence-corrected chi connectivity index (χ0v) is 9.72. The Balaban J connectivity index is 4.39. The van der Waals surface area contributed by atoms with Crippen LogP contribution in [0.2, 0.25) is 0 Å². The molecule has 2 heteroatoms. The predicted molar refractivity (Wildman–Crippen MR) is 58.8 cm³/mol. The molecule has 0 aliphatic rings. The maximum absolute atomic E-state index is 9.76. The van der Waals surface area contributed by atoms with Gasteiger partial charge in [0.1, 0.15) is 11.2 Å². The second-order valence-electron chi connectivity index (χ2n) is 4.30. The van der Waals surface area contributed by atoms with Gasteiger partial charge in [0, 0.05) is 0 Å². The monoisotopic (exact) mass is 198 g/mol. The topological polar surface area (TPSA) is 40.5 Å². The largest absolute Gasteiger partial charge is 0.378 e. The van der Waals surface area contributed by atoms with Crippen molar-refractivity contribution >= 4 is 0 Å². The van der Waals surface area contributed by atoms with Crippen LogP contribution < -0.4 is 0 Å². The van der Waals surface area contributed by atoms with Gasteiger partial charge in [0.25, 0.3) is 0 Å². The number of aliphatic hydroxyl groups is 2. The van der Waals surface area contributed by atoms with Crippen LogP contribution in [0.4, 0.5) is 0 Å². The molecule has 0 aliphatic heterocycles. The first-order valence-corrected chi connectivity index (χ1v) is 5.32. The van der Waals surface area contributed by atoms with Crippen LogP contribution >= 0.6 is 0 Å². The molecule has 0 aromatic carbocycles. The quantitative estimate of drug-likeness (QED) is 0.679. The summed E-state index contributed by atoms with van der Waals surface area (Å²) < 4.78 is 0. The van der Waals surface area contributed by atoms with Crippen molar-refractivity contribution in [3.8, 4) is 11.8 Å². The Bertz CT molecular complexity index is 196. The van der Waals surface area contributed by atoms with Crippen molar-refractivity contribution in [2.24, 2.45) is 0 Å². The lowest BCUT2D eigenvalue weighted by Crippen LogP contribution is -2.25. The minimum absolute atomic E-state index is 0.641. The minimum atomic E-state index is -0.966. The van der Waals surface area contributed by atoms with E-state index in [1.807, 2.05) is 13.8 Å². The molecule has 0 heterocycles. The standard InChI is InChI=1S/C12H22O2/c1-5-7-11(3,13)9-10-12(4,14)8-6-2/h13-14H,5-8H2,1-4H3/t11-,12-/m1/s1. The van der Waals surface area contributed by atoms with E-state index in [0.717, 1.165) is 12.8 Å². The molecule has 2 atom stereocenters. The average Bonchev–Trinajstić information content (AvgIpc) is 2.01. The highest BCUT2D eigenvalue weighted by Crippen LogP contribution is 2.14. The Morgan fingerprint density at radius 1 is 0.857 bits per heavy atom. The second-order valence-corrected chi connectivity index (χ2v) is 4.30. The van der Waals surface area contributed by atoms with Gasteiger partial charge >= 0.3 is 0 Å². The van der Waals surface area contributed by atoms with E-state index in [1.165, 1.54) is 0 Å². The molecule has 82 valence electrons. The Labute approximate surface area is 87.3 Å². The van der Waals surface area contributed by atoms with E-state index < -0.39 is 11.2 Å². The third kappa shape index (κ3) is 6.01. The van der Waals surface area contributed by atoms with E-state index in [0.29, 0.717) is 12.8 Å². The fourth-order valence-corrected chi connectivity index (χ4v) is 1.37. The lowest BCUT2D eigenvalue weighted by molar-refractivity contribution is 0.0993. The van der Waals surface area contributed by atoms with Crippen LogP contribution in [0.15, 0.2) is 0 Å². The first kappa shape index (κ1) is 13.5. The first-order chi connectivity index (χ1) is 6.33. The molecule has 0 unspecified atom stereocenters. The number of rotatable bonds is 4. The molecule has 0 rings (SSSR count). The van der Waals surface area contributed by atoms with E-state index >= 15 is 0 Å². The Morgan fingerprint density at radius 2 is 1.14 bits per heavy atom. The van der Waals surface area contributed by atoms with Crippen molar-refractivity contribution in [1.29, 1.82) is 0 Å². The molecule has 0 fully saturated rings. The van der Waals surface area contributed by atoms with Crippen molar-refractivity contribution in [1.82, 2.24) is 0 Å². The van der Waals surface area contributed by atoms with Gasteiger partial charge in [-0.05, 0) is 26.7 Å². The highest BCUT2D eigenvalue weighted by Gasteiger charge is 2.19. The number of hydrogen-bond donors (Lipinski definition) is 2. The smallest absolute Gasteiger partial charge is 0.122 e.